The molecule has 1 aromatic carbocycles. The van der Waals surface area contributed by atoms with Crippen LogP contribution in [0.15, 0.2) is 28.8 Å². The van der Waals surface area contributed by atoms with Crippen molar-refractivity contribution in [3.63, 3.8) is 0 Å². The number of unbranched alkanes of at least 4 members (excludes halogenated alkanes) is 1. The fourth-order valence-electron chi connectivity index (χ4n) is 1.88. The molecule has 0 saturated heterocycles. The maximum atomic E-state index is 11.7. The zero-order valence-corrected chi connectivity index (χ0v) is 12.9. The zero-order chi connectivity index (χ0) is 15.2. The Morgan fingerprint density at radius 1 is 1.43 bits per heavy atom. The molecule has 1 heterocycles. The van der Waals surface area contributed by atoms with Gasteiger partial charge in [0.1, 0.15) is 6.04 Å². The van der Waals surface area contributed by atoms with Crippen LogP contribution in [0.5, 0.6) is 0 Å². The van der Waals surface area contributed by atoms with Gasteiger partial charge in [-0.15, -0.1) is 0 Å². The van der Waals surface area contributed by atoms with Crippen molar-refractivity contribution in [2.75, 3.05) is 0 Å². The van der Waals surface area contributed by atoms with E-state index >= 15 is 0 Å². The molecule has 0 radical (unpaired) electrons. The summed E-state index contributed by atoms with van der Waals surface area (Å²) in [5.41, 5.74) is 0.707. The minimum atomic E-state index is -0.321. The van der Waals surface area contributed by atoms with Crippen LogP contribution in [0.4, 0.5) is 0 Å². The number of amides is 1. The highest BCUT2D eigenvalue weighted by atomic mass is 35.5. The molecular formula is C15H18ClN3O2. The Balaban J connectivity index is 2.06. The molecule has 0 aliphatic rings. The molecule has 112 valence electrons. The van der Waals surface area contributed by atoms with Gasteiger partial charge in [-0.2, -0.15) is 4.98 Å². The molecule has 0 fully saturated rings. The largest absolute Gasteiger partial charge is 0.345 e. The number of carbonyl (C=O) groups excluding carboxylic acids is 1. The second kappa shape index (κ2) is 7.22. The van der Waals surface area contributed by atoms with E-state index < -0.39 is 0 Å². The summed E-state index contributed by atoms with van der Waals surface area (Å²) in [6.07, 6.45) is 2.36. The number of halogens is 1. The van der Waals surface area contributed by atoms with Crippen LogP contribution < -0.4 is 5.32 Å². The Morgan fingerprint density at radius 3 is 2.90 bits per heavy atom. The molecule has 5 nitrogen and oxygen atoms in total. The first-order valence-electron chi connectivity index (χ1n) is 6.99. The third-order valence-electron chi connectivity index (χ3n) is 3.06. The van der Waals surface area contributed by atoms with E-state index in [0.29, 0.717) is 28.7 Å². The van der Waals surface area contributed by atoms with Gasteiger partial charge in [-0.1, -0.05) is 42.2 Å². The van der Waals surface area contributed by atoms with Crippen molar-refractivity contribution < 1.29 is 9.32 Å². The molecular weight excluding hydrogens is 290 g/mol. The van der Waals surface area contributed by atoms with Crippen LogP contribution in [0.1, 0.15) is 45.0 Å². The SMILES string of the molecule is CCCCC(=O)NC(C)c1nc(-c2ccccc2Cl)no1. The number of nitrogens with one attached hydrogen (secondary N) is 1. The molecule has 2 aromatic rings. The number of hydrogen-bond donors (Lipinski definition) is 1. The van der Waals surface area contributed by atoms with Crippen molar-refractivity contribution >= 4 is 17.5 Å². The van der Waals surface area contributed by atoms with Gasteiger partial charge in [-0.3, -0.25) is 4.79 Å². The predicted molar refractivity (Wildman–Crippen MR) is 80.8 cm³/mol. The summed E-state index contributed by atoms with van der Waals surface area (Å²) < 4.78 is 5.21. The maximum absolute atomic E-state index is 11.7. The van der Waals surface area contributed by atoms with Crippen LogP contribution in [0.25, 0.3) is 11.4 Å². The second-order valence-electron chi connectivity index (χ2n) is 4.83. The van der Waals surface area contributed by atoms with Crippen LogP contribution in [0, 0.1) is 0 Å². The molecule has 6 heteroatoms. The highest BCUT2D eigenvalue weighted by Crippen LogP contribution is 2.25. The molecule has 0 aliphatic carbocycles. The van der Waals surface area contributed by atoms with Gasteiger partial charge in [0.25, 0.3) is 0 Å². The molecule has 1 aromatic heterocycles. The van der Waals surface area contributed by atoms with Gasteiger partial charge in [0.2, 0.25) is 17.6 Å². The lowest BCUT2D eigenvalue weighted by Crippen LogP contribution is -2.26. The van der Waals surface area contributed by atoms with Gasteiger partial charge in [0, 0.05) is 12.0 Å². The lowest BCUT2D eigenvalue weighted by molar-refractivity contribution is -0.122. The van der Waals surface area contributed by atoms with Crippen LogP contribution in [0.3, 0.4) is 0 Å². The minimum absolute atomic E-state index is 0.0122. The molecule has 0 saturated carbocycles. The topological polar surface area (TPSA) is 68.0 Å². The number of benzene rings is 1. The van der Waals surface area contributed by atoms with Gasteiger partial charge in [-0.25, -0.2) is 0 Å². The smallest absolute Gasteiger partial charge is 0.249 e. The van der Waals surface area contributed by atoms with Crippen LogP contribution in [-0.4, -0.2) is 16.0 Å². The molecule has 1 N–H and O–H groups in total. The molecule has 0 aliphatic heterocycles. The van der Waals surface area contributed by atoms with Gasteiger partial charge in [-0.05, 0) is 25.5 Å². The molecule has 0 bridgehead atoms. The Labute approximate surface area is 128 Å². The number of rotatable bonds is 6. The number of nitrogens with zero attached hydrogens (tertiary/aromatic N) is 2. The summed E-state index contributed by atoms with van der Waals surface area (Å²) in [6, 6.07) is 6.96. The third kappa shape index (κ3) is 4.04. The first-order valence-corrected chi connectivity index (χ1v) is 7.37. The van der Waals surface area contributed by atoms with Crippen molar-refractivity contribution in [3.05, 3.63) is 35.2 Å². The van der Waals surface area contributed by atoms with Crippen LogP contribution >= 0.6 is 11.6 Å². The summed E-state index contributed by atoms with van der Waals surface area (Å²) in [5, 5.41) is 7.32. The van der Waals surface area contributed by atoms with Gasteiger partial charge in [0.15, 0.2) is 0 Å². The Morgan fingerprint density at radius 2 is 2.19 bits per heavy atom. The molecule has 2 rings (SSSR count). The van der Waals surface area contributed by atoms with E-state index in [1.54, 1.807) is 6.07 Å². The molecule has 21 heavy (non-hydrogen) atoms. The molecule has 0 spiro atoms. The molecule has 1 atom stereocenters. The highest BCUT2D eigenvalue weighted by Gasteiger charge is 2.18. The van der Waals surface area contributed by atoms with Crippen molar-refractivity contribution in [2.24, 2.45) is 0 Å². The fraction of sp³-hybridized carbons (Fsp3) is 0.400. The fourth-order valence-corrected chi connectivity index (χ4v) is 2.10. The first kappa shape index (κ1) is 15.5. The first-order chi connectivity index (χ1) is 10.1. The van der Waals surface area contributed by atoms with E-state index in [9.17, 15) is 4.79 Å². The monoisotopic (exact) mass is 307 g/mol. The number of aromatic nitrogens is 2. The quantitative estimate of drug-likeness (QED) is 0.882. The second-order valence-corrected chi connectivity index (χ2v) is 5.24. The summed E-state index contributed by atoms with van der Waals surface area (Å²) in [6.45, 7) is 3.86. The van der Waals surface area contributed by atoms with Crippen molar-refractivity contribution in [2.45, 2.75) is 39.2 Å². The molecule has 1 amide bonds. The standard InChI is InChI=1S/C15H18ClN3O2/c1-3-4-9-13(20)17-10(2)15-18-14(19-21-15)11-7-5-6-8-12(11)16/h5-8,10H,3-4,9H2,1-2H3,(H,17,20). The normalized spacial score (nSPS) is 12.1. The predicted octanol–water partition coefficient (Wildman–Crippen LogP) is 3.76. The van der Waals surface area contributed by atoms with E-state index in [1.165, 1.54) is 0 Å². The highest BCUT2D eigenvalue weighted by molar-refractivity contribution is 6.33. The zero-order valence-electron chi connectivity index (χ0n) is 12.1. The number of carbonyl (C=O) groups is 1. The van der Waals surface area contributed by atoms with Gasteiger partial charge >= 0.3 is 0 Å². The van der Waals surface area contributed by atoms with E-state index in [2.05, 4.69) is 15.5 Å². The van der Waals surface area contributed by atoms with E-state index in [-0.39, 0.29) is 11.9 Å². The average Bonchev–Trinajstić information content (AvgIpc) is 2.95. The van der Waals surface area contributed by atoms with Crippen LogP contribution in [-0.2, 0) is 4.79 Å². The van der Waals surface area contributed by atoms with Crippen molar-refractivity contribution in [1.82, 2.24) is 15.5 Å². The Bertz CT molecular complexity index is 612. The lowest BCUT2D eigenvalue weighted by Gasteiger charge is -2.08. The maximum Gasteiger partial charge on any atom is 0.249 e. The Kier molecular flexibility index (Phi) is 5.33. The summed E-state index contributed by atoms with van der Waals surface area (Å²) in [5.74, 6) is 0.780. The molecule has 1 unspecified atom stereocenters. The lowest BCUT2D eigenvalue weighted by atomic mass is 10.2. The van der Waals surface area contributed by atoms with E-state index in [1.807, 2.05) is 32.0 Å². The minimum Gasteiger partial charge on any atom is -0.345 e. The Hall–Kier alpha value is -1.88. The van der Waals surface area contributed by atoms with Crippen LogP contribution in [0.2, 0.25) is 5.02 Å². The summed E-state index contributed by atoms with van der Waals surface area (Å²) in [7, 11) is 0. The van der Waals surface area contributed by atoms with Crippen molar-refractivity contribution in [1.29, 1.82) is 0 Å². The van der Waals surface area contributed by atoms with Gasteiger partial charge < -0.3 is 9.84 Å². The van der Waals surface area contributed by atoms with Gasteiger partial charge in [0.05, 0.1) is 5.02 Å². The summed E-state index contributed by atoms with van der Waals surface area (Å²) >= 11 is 6.10. The van der Waals surface area contributed by atoms with E-state index in [4.69, 9.17) is 16.1 Å². The average molecular weight is 308 g/mol. The number of hydrogen-bond acceptors (Lipinski definition) is 4. The van der Waals surface area contributed by atoms with E-state index in [0.717, 1.165) is 12.8 Å². The third-order valence-corrected chi connectivity index (χ3v) is 3.39. The van der Waals surface area contributed by atoms with Crippen molar-refractivity contribution in [3.8, 4) is 11.4 Å². The summed E-state index contributed by atoms with van der Waals surface area (Å²) in [4.78, 5) is 16.0.